The van der Waals surface area contributed by atoms with Gasteiger partial charge >= 0.3 is 0 Å². The van der Waals surface area contributed by atoms with E-state index in [2.05, 4.69) is 55.3 Å². The molecule has 0 N–H and O–H groups in total. The minimum Gasteiger partial charge on any atom is -0.246 e. The van der Waals surface area contributed by atoms with Crippen LogP contribution in [-0.2, 0) is 6.42 Å². The number of hydrogen-bond acceptors (Lipinski definition) is 3. The van der Waals surface area contributed by atoms with E-state index < -0.39 is 0 Å². The van der Waals surface area contributed by atoms with Gasteiger partial charge in [0, 0.05) is 5.39 Å². The second-order valence-electron chi connectivity index (χ2n) is 8.69. The molecule has 0 bridgehead atoms. The Morgan fingerprint density at radius 3 is 2.36 bits per heavy atom. The Bertz CT molecular complexity index is 1480. The Hall–Kier alpha value is -3.86. The smallest absolute Gasteiger partial charge is 0.131 e. The molecule has 2 heterocycles. The quantitative estimate of drug-likeness (QED) is 0.325. The fraction of sp³-hybridized carbons (Fsp3) is 0.179. The van der Waals surface area contributed by atoms with Gasteiger partial charge in [0.05, 0.1) is 23.1 Å². The normalized spacial score (nSPS) is 11.3. The second kappa shape index (κ2) is 8.24. The van der Waals surface area contributed by atoms with Gasteiger partial charge in [0.25, 0.3) is 0 Å². The van der Waals surface area contributed by atoms with E-state index >= 15 is 0 Å². The number of rotatable bonds is 4. The van der Waals surface area contributed by atoms with Gasteiger partial charge in [0.1, 0.15) is 11.5 Å². The SMILES string of the molecule is Cc1cc(Cc2cccc3nc(-c4cn(-c5cc(C)c(C)c(C)c5)nn4)ccc23)ccc1F. The molecule has 0 aliphatic heterocycles. The lowest BCUT2D eigenvalue weighted by molar-refractivity contribution is 0.618. The third-order valence-electron chi connectivity index (χ3n) is 6.37. The molecule has 164 valence electrons. The summed E-state index contributed by atoms with van der Waals surface area (Å²) in [5.41, 5.74) is 10.1. The summed E-state index contributed by atoms with van der Waals surface area (Å²) < 4.78 is 15.4. The van der Waals surface area contributed by atoms with Crippen LogP contribution in [0.4, 0.5) is 4.39 Å². The summed E-state index contributed by atoms with van der Waals surface area (Å²) in [6.07, 6.45) is 2.64. The summed E-state index contributed by atoms with van der Waals surface area (Å²) in [6.45, 7) is 8.15. The van der Waals surface area contributed by atoms with Crippen molar-refractivity contribution < 1.29 is 4.39 Å². The van der Waals surface area contributed by atoms with Crippen molar-refractivity contribution in [1.82, 2.24) is 20.0 Å². The Labute approximate surface area is 192 Å². The first kappa shape index (κ1) is 21.0. The molecule has 5 rings (SSSR count). The highest BCUT2D eigenvalue weighted by atomic mass is 19.1. The van der Waals surface area contributed by atoms with Gasteiger partial charge in [-0.05, 0) is 97.8 Å². The molecule has 0 radical (unpaired) electrons. The Morgan fingerprint density at radius 2 is 1.61 bits per heavy atom. The third kappa shape index (κ3) is 4.02. The van der Waals surface area contributed by atoms with Gasteiger partial charge in [-0.25, -0.2) is 14.1 Å². The number of benzene rings is 3. The minimum absolute atomic E-state index is 0.174. The highest BCUT2D eigenvalue weighted by Gasteiger charge is 2.11. The molecule has 0 fully saturated rings. The molecule has 0 saturated carbocycles. The summed E-state index contributed by atoms with van der Waals surface area (Å²) in [5, 5.41) is 9.80. The maximum atomic E-state index is 13.6. The predicted octanol–water partition coefficient (Wildman–Crippen LogP) is 6.45. The number of pyridine rings is 1. The van der Waals surface area contributed by atoms with E-state index in [9.17, 15) is 4.39 Å². The van der Waals surface area contributed by atoms with E-state index in [-0.39, 0.29) is 5.82 Å². The first-order chi connectivity index (χ1) is 15.9. The number of aryl methyl sites for hydroxylation is 3. The summed E-state index contributed by atoms with van der Waals surface area (Å²) in [6, 6.07) is 19.7. The van der Waals surface area contributed by atoms with Crippen molar-refractivity contribution >= 4 is 10.9 Å². The van der Waals surface area contributed by atoms with Crippen LogP contribution >= 0.6 is 0 Å². The number of fused-ring (bicyclic) bond motifs is 1. The monoisotopic (exact) mass is 436 g/mol. The third-order valence-corrected chi connectivity index (χ3v) is 6.37. The molecule has 5 heteroatoms. The molecular weight excluding hydrogens is 411 g/mol. The minimum atomic E-state index is -0.174. The highest BCUT2D eigenvalue weighted by Crippen LogP contribution is 2.25. The molecule has 0 saturated heterocycles. The zero-order valence-corrected chi connectivity index (χ0v) is 19.2. The van der Waals surface area contributed by atoms with Crippen molar-refractivity contribution in [2.24, 2.45) is 0 Å². The number of hydrogen-bond donors (Lipinski definition) is 0. The van der Waals surface area contributed by atoms with Gasteiger partial charge in [0.2, 0.25) is 0 Å². The van der Waals surface area contributed by atoms with Crippen molar-refractivity contribution in [3.63, 3.8) is 0 Å². The fourth-order valence-corrected chi connectivity index (χ4v) is 4.20. The van der Waals surface area contributed by atoms with Crippen LogP contribution in [0, 0.1) is 33.5 Å². The summed E-state index contributed by atoms with van der Waals surface area (Å²) >= 11 is 0. The molecule has 0 atom stereocenters. The number of aromatic nitrogens is 4. The lowest BCUT2D eigenvalue weighted by atomic mass is 9.99. The first-order valence-electron chi connectivity index (χ1n) is 11.0. The second-order valence-corrected chi connectivity index (χ2v) is 8.69. The number of halogens is 1. The van der Waals surface area contributed by atoms with E-state index in [0.717, 1.165) is 45.5 Å². The lowest BCUT2D eigenvalue weighted by Gasteiger charge is -2.09. The van der Waals surface area contributed by atoms with E-state index in [1.807, 2.05) is 36.5 Å². The Kier molecular flexibility index (Phi) is 5.25. The van der Waals surface area contributed by atoms with Crippen LogP contribution < -0.4 is 0 Å². The van der Waals surface area contributed by atoms with Gasteiger partial charge < -0.3 is 0 Å². The fourth-order valence-electron chi connectivity index (χ4n) is 4.20. The molecule has 0 aliphatic rings. The maximum absolute atomic E-state index is 13.6. The molecule has 3 aromatic carbocycles. The van der Waals surface area contributed by atoms with Crippen LogP contribution in [0.1, 0.15) is 33.4 Å². The van der Waals surface area contributed by atoms with Gasteiger partial charge in [-0.1, -0.05) is 35.5 Å². The van der Waals surface area contributed by atoms with E-state index in [4.69, 9.17) is 4.98 Å². The molecule has 0 spiro atoms. The van der Waals surface area contributed by atoms with Gasteiger partial charge in [-0.3, -0.25) is 0 Å². The molecule has 0 amide bonds. The Balaban J connectivity index is 1.48. The maximum Gasteiger partial charge on any atom is 0.131 e. The Morgan fingerprint density at radius 1 is 0.818 bits per heavy atom. The molecule has 33 heavy (non-hydrogen) atoms. The average Bonchev–Trinajstić information content (AvgIpc) is 3.30. The van der Waals surface area contributed by atoms with E-state index in [1.54, 1.807) is 11.6 Å². The summed E-state index contributed by atoms with van der Waals surface area (Å²) in [5.74, 6) is -0.174. The van der Waals surface area contributed by atoms with Crippen LogP contribution in [0.15, 0.2) is 66.9 Å². The topological polar surface area (TPSA) is 43.6 Å². The standard InChI is InChI=1S/C28H25FN4/c1-17-13-23(14-18(2)20(17)4)33-16-28(31-32-33)27-11-9-24-22(6-5-7-26(24)30-27)15-21-8-10-25(29)19(3)12-21/h5-14,16H,15H2,1-4H3. The van der Waals surface area contributed by atoms with Crippen LogP contribution in [0.25, 0.3) is 28.0 Å². The van der Waals surface area contributed by atoms with Crippen molar-refractivity contribution in [3.05, 3.63) is 106 Å². The van der Waals surface area contributed by atoms with Crippen molar-refractivity contribution in [2.75, 3.05) is 0 Å². The zero-order valence-electron chi connectivity index (χ0n) is 19.2. The highest BCUT2D eigenvalue weighted by molar-refractivity contribution is 5.84. The van der Waals surface area contributed by atoms with Crippen molar-refractivity contribution in [2.45, 2.75) is 34.1 Å². The van der Waals surface area contributed by atoms with Crippen LogP contribution in [0.2, 0.25) is 0 Å². The van der Waals surface area contributed by atoms with Crippen LogP contribution in [-0.4, -0.2) is 20.0 Å². The molecule has 2 aromatic heterocycles. The van der Waals surface area contributed by atoms with Gasteiger partial charge in [0.15, 0.2) is 0 Å². The number of nitrogens with zero attached hydrogens (tertiary/aromatic N) is 4. The summed E-state index contributed by atoms with van der Waals surface area (Å²) in [4.78, 5) is 4.86. The zero-order chi connectivity index (χ0) is 23.1. The van der Waals surface area contributed by atoms with Gasteiger partial charge in [-0.2, -0.15) is 0 Å². The molecule has 5 aromatic rings. The lowest BCUT2D eigenvalue weighted by Crippen LogP contribution is -1.98. The molecule has 0 aliphatic carbocycles. The molecular formula is C28H25FN4. The molecule has 4 nitrogen and oxygen atoms in total. The van der Waals surface area contributed by atoms with E-state index in [1.165, 1.54) is 22.8 Å². The van der Waals surface area contributed by atoms with Crippen molar-refractivity contribution in [1.29, 1.82) is 0 Å². The predicted molar refractivity (Wildman–Crippen MR) is 130 cm³/mol. The largest absolute Gasteiger partial charge is 0.246 e. The van der Waals surface area contributed by atoms with Crippen LogP contribution in [0.3, 0.4) is 0 Å². The first-order valence-corrected chi connectivity index (χ1v) is 11.0. The van der Waals surface area contributed by atoms with Crippen LogP contribution in [0.5, 0.6) is 0 Å². The van der Waals surface area contributed by atoms with Crippen molar-refractivity contribution in [3.8, 4) is 17.1 Å². The average molecular weight is 437 g/mol. The molecule has 0 unspecified atom stereocenters. The van der Waals surface area contributed by atoms with E-state index in [0.29, 0.717) is 5.56 Å². The van der Waals surface area contributed by atoms with Gasteiger partial charge in [-0.15, -0.1) is 5.10 Å². The summed E-state index contributed by atoms with van der Waals surface area (Å²) in [7, 11) is 0.